The average Bonchev–Trinajstić information content (AvgIpc) is 3.38. The summed E-state index contributed by atoms with van der Waals surface area (Å²) in [6, 6.07) is 21.5. The Balaban J connectivity index is 1.37. The molecule has 0 atom stereocenters. The van der Waals surface area contributed by atoms with Crippen LogP contribution in [0.3, 0.4) is 0 Å². The predicted molar refractivity (Wildman–Crippen MR) is 125 cm³/mol. The zero-order valence-electron chi connectivity index (χ0n) is 17.7. The summed E-state index contributed by atoms with van der Waals surface area (Å²) in [6.07, 6.45) is 0.914. The van der Waals surface area contributed by atoms with Gasteiger partial charge in [-0.05, 0) is 65.6 Å². The number of methoxy groups -OCH3 is 1. The number of carbonyl (C=O) groups excluding carboxylic acids is 2. The number of aryl methyl sites for hydroxylation is 1. The van der Waals surface area contributed by atoms with E-state index in [0.717, 1.165) is 39.0 Å². The Morgan fingerprint density at radius 1 is 1.06 bits per heavy atom. The lowest BCUT2D eigenvalue weighted by molar-refractivity contribution is -0.116. The molecule has 0 saturated carbocycles. The van der Waals surface area contributed by atoms with Gasteiger partial charge in [0.25, 0.3) is 5.91 Å². The highest BCUT2D eigenvalue weighted by atomic mass is 16.5. The molecule has 4 aromatic rings. The maximum atomic E-state index is 12.7. The second-order valence-electron chi connectivity index (χ2n) is 7.86. The number of ether oxygens (including phenoxy) is 1. The summed E-state index contributed by atoms with van der Waals surface area (Å²) in [6.45, 7) is 0.539. The van der Waals surface area contributed by atoms with E-state index in [1.54, 1.807) is 13.2 Å². The molecule has 0 unspecified atom stereocenters. The van der Waals surface area contributed by atoms with Crippen LogP contribution < -0.4 is 15.4 Å². The first kappa shape index (κ1) is 19.9. The first-order chi connectivity index (χ1) is 15.6. The van der Waals surface area contributed by atoms with Gasteiger partial charge in [0.15, 0.2) is 0 Å². The molecule has 3 aromatic carbocycles. The van der Waals surface area contributed by atoms with Crippen molar-refractivity contribution in [3.8, 4) is 17.0 Å². The van der Waals surface area contributed by atoms with Gasteiger partial charge in [0.2, 0.25) is 5.91 Å². The number of aromatic nitrogens is 1. The number of H-pyrrole nitrogens is 1. The number of benzene rings is 3. The third kappa shape index (κ3) is 3.71. The highest BCUT2D eigenvalue weighted by Crippen LogP contribution is 2.32. The van der Waals surface area contributed by atoms with E-state index >= 15 is 0 Å². The van der Waals surface area contributed by atoms with Gasteiger partial charge in [-0.3, -0.25) is 9.59 Å². The largest absolute Gasteiger partial charge is 0.497 e. The molecule has 6 heteroatoms. The number of hydrogen-bond acceptors (Lipinski definition) is 3. The van der Waals surface area contributed by atoms with Crippen molar-refractivity contribution in [1.82, 2.24) is 10.3 Å². The minimum absolute atomic E-state index is 0.0886. The molecule has 32 heavy (non-hydrogen) atoms. The fourth-order valence-electron chi connectivity index (χ4n) is 4.22. The van der Waals surface area contributed by atoms with Crippen molar-refractivity contribution >= 4 is 28.4 Å². The van der Waals surface area contributed by atoms with Crippen molar-refractivity contribution in [2.24, 2.45) is 0 Å². The highest BCUT2D eigenvalue weighted by molar-refractivity contribution is 6.00. The van der Waals surface area contributed by atoms with Crippen molar-refractivity contribution in [2.45, 2.75) is 19.4 Å². The molecular formula is C26H23N3O3. The summed E-state index contributed by atoms with van der Waals surface area (Å²) in [4.78, 5) is 28.1. The lowest BCUT2D eigenvalue weighted by Gasteiger charge is -2.09. The monoisotopic (exact) mass is 425 g/mol. The van der Waals surface area contributed by atoms with Crippen LogP contribution in [-0.4, -0.2) is 23.9 Å². The lowest BCUT2D eigenvalue weighted by atomic mass is 10.0. The molecule has 2 heterocycles. The van der Waals surface area contributed by atoms with Gasteiger partial charge in [-0.1, -0.05) is 24.3 Å². The fourth-order valence-corrected chi connectivity index (χ4v) is 4.22. The van der Waals surface area contributed by atoms with Crippen molar-refractivity contribution in [3.05, 3.63) is 83.4 Å². The molecule has 0 radical (unpaired) electrons. The molecule has 0 aliphatic carbocycles. The first-order valence-corrected chi connectivity index (χ1v) is 10.6. The van der Waals surface area contributed by atoms with Gasteiger partial charge in [0, 0.05) is 40.8 Å². The van der Waals surface area contributed by atoms with Crippen LogP contribution in [0.5, 0.6) is 5.75 Å². The Morgan fingerprint density at radius 2 is 1.88 bits per heavy atom. The van der Waals surface area contributed by atoms with Crippen LogP contribution in [-0.2, 0) is 17.8 Å². The molecule has 1 aliphatic heterocycles. The Bertz CT molecular complexity index is 1320. The summed E-state index contributed by atoms with van der Waals surface area (Å²) < 4.78 is 5.28. The van der Waals surface area contributed by atoms with E-state index in [1.165, 1.54) is 0 Å². The summed E-state index contributed by atoms with van der Waals surface area (Å²) in [5, 5.41) is 6.83. The van der Waals surface area contributed by atoms with Gasteiger partial charge in [-0.2, -0.15) is 0 Å². The quantitative estimate of drug-likeness (QED) is 0.420. The van der Waals surface area contributed by atoms with E-state index in [0.29, 0.717) is 30.6 Å². The zero-order valence-corrected chi connectivity index (χ0v) is 17.7. The molecule has 2 amide bonds. The second kappa shape index (κ2) is 8.23. The van der Waals surface area contributed by atoms with Crippen LogP contribution in [0.1, 0.15) is 27.9 Å². The molecule has 6 nitrogen and oxygen atoms in total. The summed E-state index contributed by atoms with van der Waals surface area (Å²) in [5.74, 6) is 0.613. The Labute approximate surface area is 185 Å². The van der Waals surface area contributed by atoms with Crippen molar-refractivity contribution < 1.29 is 14.3 Å². The van der Waals surface area contributed by atoms with Gasteiger partial charge < -0.3 is 20.4 Å². The maximum absolute atomic E-state index is 12.7. The van der Waals surface area contributed by atoms with Gasteiger partial charge in [-0.25, -0.2) is 0 Å². The average molecular weight is 425 g/mol. The Kier molecular flexibility index (Phi) is 5.11. The molecule has 1 aliphatic rings. The smallest absolute Gasteiger partial charge is 0.251 e. The molecule has 1 aromatic heterocycles. The van der Waals surface area contributed by atoms with Gasteiger partial charge >= 0.3 is 0 Å². The van der Waals surface area contributed by atoms with E-state index in [-0.39, 0.29) is 11.8 Å². The summed E-state index contributed by atoms with van der Waals surface area (Å²) in [5.41, 5.74) is 6.42. The number of amides is 2. The third-order valence-electron chi connectivity index (χ3n) is 5.87. The number of carbonyl (C=O) groups is 2. The van der Waals surface area contributed by atoms with Crippen LogP contribution in [0.15, 0.2) is 66.7 Å². The molecule has 5 rings (SSSR count). The molecule has 160 valence electrons. The van der Waals surface area contributed by atoms with E-state index in [1.807, 2.05) is 54.6 Å². The molecule has 0 saturated heterocycles. The predicted octanol–water partition coefficient (Wildman–Crippen LogP) is 4.66. The van der Waals surface area contributed by atoms with E-state index in [4.69, 9.17) is 4.74 Å². The highest BCUT2D eigenvalue weighted by Gasteiger charge is 2.19. The Hall–Kier alpha value is -4.06. The number of para-hydroxylation sites is 1. The van der Waals surface area contributed by atoms with Gasteiger partial charge in [-0.15, -0.1) is 0 Å². The van der Waals surface area contributed by atoms with Crippen molar-refractivity contribution in [2.75, 3.05) is 12.4 Å². The number of aromatic amines is 1. The van der Waals surface area contributed by atoms with E-state index in [9.17, 15) is 9.59 Å². The lowest BCUT2D eigenvalue weighted by Crippen LogP contribution is -2.14. The van der Waals surface area contributed by atoms with Crippen molar-refractivity contribution in [3.63, 3.8) is 0 Å². The van der Waals surface area contributed by atoms with Gasteiger partial charge in [0.1, 0.15) is 5.75 Å². The molecule has 0 bridgehead atoms. The second-order valence-corrected chi connectivity index (χ2v) is 7.86. The topological polar surface area (TPSA) is 83.2 Å². The summed E-state index contributed by atoms with van der Waals surface area (Å²) >= 11 is 0. The van der Waals surface area contributed by atoms with Crippen molar-refractivity contribution in [1.29, 1.82) is 0 Å². The standard InChI is InChI=1S/C26H23N3O3/c1-32-19-10-7-16(8-11-19)25-21(20-4-2-3-5-23(20)29-25)12-13-24(30)28-18-9-6-17-15-27-26(31)22(17)14-18/h2-11,14,29H,12-13,15H2,1H3,(H,27,31)(H,28,30). The minimum Gasteiger partial charge on any atom is -0.497 e. The number of anilines is 1. The van der Waals surface area contributed by atoms with Crippen LogP contribution in [0.2, 0.25) is 0 Å². The minimum atomic E-state index is -0.0981. The van der Waals surface area contributed by atoms with Crippen LogP contribution >= 0.6 is 0 Å². The van der Waals surface area contributed by atoms with E-state index in [2.05, 4.69) is 21.7 Å². The van der Waals surface area contributed by atoms with Crippen LogP contribution in [0.4, 0.5) is 5.69 Å². The first-order valence-electron chi connectivity index (χ1n) is 10.6. The molecule has 3 N–H and O–H groups in total. The molecular weight excluding hydrogens is 402 g/mol. The molecule has 0 fully saturated rings. The van der Waals surface area contributed by atoms with Gasteiger partial charge in [0.05, 0.1) is 7.11 Å². The van der Waals surface area contributed by atoms with Crippen LogP contribution in [0.25, 0.3) is 22.2 Å². The summed E-state index contributed by atoms with van der Waals surface area (Å²) in [7, 11) is 1.65. The number of nitrogens with one attached hydrogen (secondary N) is 3. The zero-order chi connectivity index (χ0) is 22.1. The fraction of sp³-hybridized carbons (Fsp3) is 0.154. The number of hydrogen-bond donors (Lipinski definition) is 3. The molecule has 0 spiro atoms. The number of fused-ring (bicyclic) bond motifs is 2. The van der Waals surface area contributed by atoms with Crippen LogP contribution in [0, 0.1) is 0 Å². The maximum Gasteiger partial charge on any atom is 0.251 e. The number of rotatable bonds is 6. The SMILES string of the molecule is COc1ccc(-c2[nH]c3ccccc3c2CCC(=O)Nc2ccc3c(c2)C(=O)NC3)cc1. The normalized spacial score (nSPS) is 12.5. The van der Waals surface area contributed by atoms with E-state index < -0.39 is 0 Å². The Morgan fingerprint density at radius 3 is 2.69 bits per heavy atom. The third-order valence-corrected chi connectivity index (χ3v) is 5.87.